The molecule has 0 spiro atoms. The van der Waals surface area contributed by atoms with E-state index >= 15 is 0 Å². The van der Waals surface area contributed by atoms with Crippen LogP contribution in [0.2, 0.25) is 0 Å². The van der Waals surface area contributed by atoms with Crippen LogP contribution in [0.15, 0.2) is 23.0 Å². The third kappa shape index (κ3) is 4.94. The Labute approximate surface area is 115 Å². The molecular weight excluding hydrogens is 266 g/mol. The molecule has 0 bridgehead atoms. The lowest BCUT2D eigenvalue weighted by Crippen LogP contribution is -2.40. The number of furan rings is 1. The Balaban J connectivity index is 2.48. The van der Waals surface area contributed by atoms with E-state index in [4.69, 9.17) is 4.42 Å². The van der Waals surface area contributed by atoms with Crippen molar-refractivity contribution in [2.24, 2.45) is 0 Å². The fourth-order valence-electron chi connectivity index (χ4n) is 1.68. The maximum Gasteiger partial charge on any atom is 0.281 e. The fourth-order valence-corrected chi connectivity index (χ4v) is 2.83. The molecule has 1 aromatic rings. The van der Waals surface area contributed by atoms with Gasteiger partial charge < -0.3 is 9.73 Å². The topological polar surface area (TPSA) is 65.8 Å². The van der Waals surface area contributed by atoms with E-state index in [2.05, 4.69) is 5.32 Å². The highest BCUT2D eigenvalue weighted by Gasteiger charge is 2.23. The second-order valence-electron chi connectivity index (χ2n) is 4.42. The van der Waals surface area contributed by atoms with Gasteiger partial charge in [-0.25, -0.2) is 0 Å². The summed E-state index contributed by atoms with van der Waals surface area (Å²) in [5, 5.41) is 3.17. The van der Waals surface area contributed by atoms with Crippen LogP contribution in [0.25, 0.3) is 0 Å². The van der Waals surface area contributed by atoms with E-state index in [0.29, 0.717) is 13.1 Å². The Bertz CT molecular complexity index is 445. The standard InChI is InChI=1S/C12H23N3O3S/c1-4-13-7-5-8-14(2)19(16,17)15(3)10-12-6-9-18-11-12/h6,9,11,13H,4-5,7-8,10H2,1-3H3. The van der Waals surface area contributed by atoms with E-state index < -0.39 is 10.2 Å². The average Bonchev–Trinajstić information content (AvgIpc) is 2.87. The molecule has 110 valence electrons. The van der Waals surface area contributed by atoms with Gasteiger partial charge in [-0.15, -0.1) is 0 Å². The van der Waals surface area contributed by atoms with Gasteiger partial charge in [0.2, 0.25) is 0 Å². The van der Waals surface area contributed by atoms with Crippen molar-refractivity contribution in [2.45, 2.75) is 19.9 Å². The van der Waals surface area contributed by atoms with Crippen LogP contribution in [0, 0.1) is 0 Å². The molecule has 0 aliphatic rings. The van der Waals surface area contributed by atoms with Crippen molar-refractivity contribution in [3.63, 3.8) is 0 Å². The van der Waals surface area contributed by atoms with Gasteiger partial charge >= 0.3 is 0 Å². The lowest BCUT2D eigenvalue weighted by molar-refractivity contribution is 0.383. The first-order chi connectivity index (χ1) is 8.98. The zero-order chi connectivity index (χ0) is 14.3. The van der Waals surface area contributed by atoms with Crippen molar-refractivity contribution in [3.8, 4) is 0 Å². The lowest BCUT2D eigenvalue weighted by atomic mass is 10.3. The van der Waals surface area contributed by atoms with E-state index in [1.807, 2.05) is 6.92 Å². The summed E-state index contributed by atoms with van der Waals surface area (Å²) >= 11 is 0. The number of rotatable bonds is 9. The van der Waals surface area contributed by atoms with Gasteiger partial charge in [0.05, 0.1) is 12.5 Å². The predicted octanol–water partition coefficient (Wildman–Crippen LogP) is 0.888. The minimum atomic E-state index is -3.41. The molecule has 0 unspecified atom stereocenters. The molecule has 0 fully saturated rings. The zero-order valence-electron chi connectivity index (χ0n) is 11.8. The first kappa shape index (κ1) is 16.2. The van der Waals surface area contributed by atoms with E-state index in [1.165, 1.54) is 14.9 Å². The molecule has 1 heterocycles. The zero-order valence-corrected chi connectivity index (χ0v) is 12.6. The van der Waals surface area contributed by atoms with Gasteiger partial charge in [-0.3, -0.25) is 0 Å². The lowest BCUT2D eigenvalue weighted by Gasteiger charge is -2.24. The highest BCUT2D eigenvalue weighted by molar-refractivity contribution is 7.86. The monoisotopic (exact) mass is 289 g/mol. The van der Waals surface area contributed by atoms with Gasteiger partial charge in [-0.1, -0.05) is 6.92 Å². The van der Waals surface area contributed by atoms with Crippen LogP contribution < -0.4 is 5.32 Å². The van der Waals surface area contributed by atoms with E-state index in [-0.39, 0.29) is 0 Å². The normalized spacial score (nSPS) is 12.5. The molecule has 0 radical (unpaired) electrons. The summed E-state index contributed by atoms with van der Waals surface area (Å²) in [5.41, 5.74) is 0.840. The summed E-state index contributed by atoms with van der Waals surface area (Å²) in [5.74, 6) is 0. The van der Waals surface area contributed by atoms with E-state index in [1.54, 1.807) is 26.4 Å². The first-order valence-electron chi connectivity index (χ1n) is 6.38. The number of nitrogens with one attached hydrogen (secondary N) is 1. The molecule has 0 aromatic carbocycles. The highest BCUT2D eigenvalue weighted by atomic mass is 32.2. The van der Waals surface area contributed by atoms with Crippen molar-refractivity contribution in [2.75, 3.05) is 33.7 Å². The van der Waals surface area contributed by atoms with Crippen molar-refractivity contribution in [1.29, 1.82) is 0 Å². The van der Waals surface area contributed by atoms with E-state index in [9.17, 15) is 8.42 Å². The molecule has 6 nitrogen and oxygen atoms in total. The van der Waals surface area contributed by atoms with Gasteiger partial charge in [-0.2, -0.15) is 17.0 Å². The largest absolute Gasteiger partial charge is 0.472 e. The molecule has 0 atom stereocenters. The van der Waals surface area contributed by atoms with Gasteiger partial charge in [-0.05, 0) is 25.6 Å². The molecule has 19 heavy (non-hydrogen) atoms. The van der Waals surface area contributed by atoms with Crippen LogP contribution in [0.1, 0.15) is 18.9 Å². The molecule has 7 heteroatoms. The molecule has 0 aliphatic carbocycles. The van der Waals surface area contributed by atoms with E-state index in [0.717, 1.165) is 25.1 Å². The Morgan fingerprint density at radius 2 is 2.05 bits per heavy atom. The van der Waals surface area contributed by atoms with Gasteiger partial charge in [0.1, 0.15) is 0 Å². The number of hydrogen-bond acceptors (Lipinski definition) is 4. The second-order valence-corrected chi connectivity index (χ2v) is 6.57. The third-order valence-corrected chi connectivity index (χ3v) is 4.74. The van der Waals surface area contributed by atoms with Gasteiger partial charge in [0.25, 0.3) is 10.2 Å². The molecule has 1 aromatic heterocycles. The Morgan fingerprint density at radius 3 is 2.63 bits per heavy atom. The molecular formula is C12H23N3O3S. The summed E-state index contributed by atoms with van der Waals surface area (Å²) in [6.07, 6.45) is 3.89. The van der Waals surface area contributed by atoms with Crippen LogP contribution in [0.3, 0.4) is 0 Å². The number of hydrogen-bond donors (Lipinski definition) is 1. The van der Waals surface area contributed by atoms with Gasteiger partial charge in [0.15, 0.2) is 0 Å². The predicted molar refractivity (Wildman–Crippen MR) is 74.9 cm³/mol. The molecule has 0 saturated carbocycles. The van der Waals surface area contributed by atoms with Crippen LogP contribution in [0.5, 0.6) is 0 Å². The smallest absolute Gasteiger partial charge is 0.281 e. The fraction of sp³-hybridized carbons (Fsp3) is 0.667. The SMILES string of the molecule is CCNCCCN(C)S(=O)(=O)N(C)Cc1ccoc1. The summed E-state index contributed by atoms with van der Waals surface area (Å²) < 4.78 is 32.1. The maximum absolute atomic E-state index is 12.2. The van der Waals surface area contributed by atoms with Crippen molar-refractivity contribution in [3.05, 3.63) is 24.2 Å². The van der Waals surface area contributed by atoms with Crippen molar-refractivity contribution >= 4 is 10.2 Å². The molecule has 0 aliphatic heterocycles. The average molecular weight is 289 g/mol. The highest BCUT2D eigenvalue weighted by Crippen LogP contribution is 2.10. The Hall–Kier alpha value is -0.890. The van der Waals surface area contributed by atoms with Crippen LogP contribution in [-0.4, -0.2) is 50.8 Å². The molecule has 1 rings (SSSR count). The third-order valence-electron chi connectivity index (χ3n) is 2.85. The summed E-state index contributed by atoms with van der Waals surface area (Å²) in [6, 6.07) is 1.76. The van der Waals surface area contributed by atoms with Crippen LogP contribution in [-0.2, 0) is 16.8 Å². The molecule has 0 amide bonds. The summed E-state index contributed by atoms with van der Waals surface area (Å²) in [7, 11) is -0.228. The van der Waals surface area contributed by atoms with Crippen LogP contribution >= 0.6 is 0 Å². The van der Waals surface area contributed by atoms with Crippen LogP contribution in [0.4, 0.5) is 0 Å². The maximum atomic E-state index is 12.2. The number of nitrogens with zero attached hydrogens (tertiary/aromatic N) is 2. The Kier molecular flexibility index (Phi) is 6.50. The minimum absolute atomic E-state index is 0.316. The minimum Gasteiger partial charge on any atom is -0.472 e. The molecule has 1 N–H and O–H groups in total. The van der Waals surface area contributed by atoms with Crippen molar-refractivity contribution < 1.29 is 12.8 Å². The first-order valence-corrected chi connectivity index (χ1v) is 7.77. The Morgan fingerprint density at radius 1 is 1.32 bits per heavy atom. The summed E-state index contributed by atoms with van der Waals surface area (Å²) in [4.78, 5) is 0. The summed E-state index contributed by atoms with van der Waals surface area (Å²) in [6.45, 7) is 4.57. The molecule has 0 saturated heterocycles. The second kappa shape index (κ2) is 7.64. The quantitative estimate of drug-likeness (QED) is 0.686. The van der Waals surface area contributed by atoms with Gasteiger partial charge in [0, 0.05) is 32.7 Å². The van der Waals surface area contributed by atoms with Crippen molar-refractivity contribution in [1.82, 2.24) is 13.9 Å².